The molecule has 0 atom stereocenters. The fourth-order valence-electron chi connectivity index (χ4n) is 0.924. The van der Waals surface area contributed by atoms with Crippen LogP contribution in [0.3, 0.4) is 0 Å². The second-order valence-corrected chi connectivity index (χ2v) is 2.97. The number of benzene rings is 1. The highest BCUT2D eigenvalue weighted by Crippen LogP contribution is 2.16. The van der Waals surface area contributed by atoms with Crippen molar-refractivity contribution in [3.63, 3.8) is 0 Å². The summed E-state index contributed by atoms with van der Waals surface area (Å²) < 4.78 is 4.92. The number of rotatable bonds is 2. The topological polar surface area (TPSA) is 46.5 Å². The maximum atomic E-state index is 11.3. The molecule has 0 saturated heterocycles. The maximum Gasteiger partial charge on any atom is 0.342 e. The third kappa shape index (κ3) is 5.83. The maximum absolute atomic E-state index is 11.3. The summed E-state index contributed by atoms with van der Waals surface area (Å²) in [5.41, 5.74) is 0.205. The Morgan fingerprint density at radius 1 is 1.25 bits per heavy atom. The molecule has 0 aliphatic heterocycles. The quantitative estimate of drug-likeness (QED) is 0.836. The van der Waals surface area contributed by atoms with Crippen LogP contribution < -0.4 is 0 Å². The van der Waals surface area contributed by atoms with Gasteiger partial charge in [-0.1, -0.05) is 19.6 Å². The number of carbonyl (C=O) groups is 1. The van der Waals surface area contributed by atoms with Crippen LogP contribution in [-0.4, -0.2) is 17.2 Å². The molecule has 0 bridgehead atoms. The molecule has 0 aliphatic rings. The third-order valence-electron chi connectivity index (χ3n) is 1.47. The minimum Gasteiger partial charge on any atom is -0.507 e. The zero-order valence-corrected chi connectivity index (χ0v) is 10.1. The molecule has 0 spiro atoms. The summed E-state index contributed by atoms with van der Waals surface area (Å²) in [6.45, 7) is 3.52. The molecule has 5 heteroatoms. The number of hydrogen-bond donors (Lipinski definition) is 1. The molecule has 0 amide bonds. The lowest BCUT2D eigenvalue weighted by Gasteiger charge is -2.08. The molecule has 1 aromatic rings. The number of phenols is 1. The van der Waals surface area contributed by atoms with Gasteiger partial charge in [0.25, 0.3) is 0 Å². The van der Waals surface area contributed by atoms with Crippen molar-refractivity contribution in [3.05, 3.63) is 29.8 Å². The van der Waals surface area contributed by atoms with E-state index in [4.69, 9.17) is 4.74 Å². The van der Waals surface area contributed by atoms with Crippen molar-refractivity contribution in [2.45, 2.75) is 27.4 Å². The molecule has 1 aromatic carbocycles. The molecule has 0 unspecified atom stereocenters. The lowest BCUT2D eigenvalue weighted by molar-refractivity contribution is 0.0375. The molecule has 94 valence electrons. The highest BCUT2D eigenvalue weighted by molar-refractivity contribution is 5.92. The van der Waals surface area contributed by atoms with Gasteiger partial charge >= 0.3 is 5.97 Å². The minimum absolute atomic E-state index is 0. The van der Waals surface area contributed by atoms with Crippen LogP contribution in [0.15, 0.2) is 24.3 Å². The van der Waals surface area contributed by atoms with Crippen molar-refractivity contribution >= 4 is 30.8 Å². The lowest BCUT2D eigenvalue weighted by atomic mass is 10.2. The number of halogens is 2. The summed E-state index contributed by atoms with van der Waals surface area (Å²) in [6, 6.07) is 6.31. The van der Waals surface area contributed by atoms with E-state index >= 15 is 0 Å². The van der Waals surface area contributed by atoms with Gasteiger partial charge in [0.05, 0.1) is 6.10 Å². The predicted octanol–water partition coefficient (Wildman–Crippen LogP) is 3.44. The number of hydrogen-bond acceptors (Lipinski definition) is 3. The van der Waals surface area contributed by atoms with E-state index < -0.39 is 5.97 Å². The number of esters is 1. The Kier molecular flexibility index (Phi) is 11.9. The number of carbonyl (C=O) groups excluding carboxylic acids is 1. The smallest absolute Gasteiger partial charge is 0.342 e. The first-order valence-corrected chi connectivity index (χ1v) is 4.10. The normalized spacial score (nSPS) is 8.19. The SMILES string of the molecule is C.CC(C)OC(=O)c1ccccc1O.Cl.Cl. The Morgan fingerprint density at radius 2 is 1.75 bits per heavy atom. The average molecular weight is 269 g/mol. The van der Waals surface area contributed by atoms with Crippen LogP contribution in [-0.2, 0) is 4.74 Å². The Bertz CT molecular complexity index is 314. The van der Waals surface area contributed by atoms with E-state index in [0.717, 1.165) is 0 Å². The first-order valence-electron chi connectivity index (χ1n) is 4.10. The Balaban J connectivity index is -0.000000563. The molecule has 0 fully saturated rings. The molecule has 0 aliphatic carbocycles. The lowest BCUT2D eigenvalue weighted by Crippen LogP contribution is -2.11. The van der Waals surface area contributed by atoms with Crippen LogP contribution in [0.5, 0.6) is 5.75 Å². The van der Waals surface area contributed by atoms with Gasteiger partial charge < -0.3 is 9.84 Å². The van der Waals surface area contributed by atoms with Gasteiger partial charge in [0, 0.05) is 0 Å². The van der Waals surface area contributed by atoms with Crippen LogP contribution in [0.25, 0.3) is 0 Å². The molecule has 0 saturated carbocycles. The fraction of sp³-hybridized carbons (Fsp3) is 0.364. The van der Waals surface area contributed by atoms with Gasteiger partial charge in [-0.15, -0.1) is 24.8 Å². The van der Waals surface area contributed by atoms with Gasteiger partial charge in [0.1, 0.15) is 11.3 Å². The summed E-state index contributed by atoms with van der Waals surface area (Å²) in [4.78, 5) is 11.3. The Hall–Kier alpha value is -0.930. The van der Waals surface area contributed by atoms with Crippen molar-refractivity contribution in [1.29, 1.82) is 0 Å². The van der Waals surface area contributed by atoms with Crippen LogP contribution in [0.4, 0.5) is 0 Å². The van der Waals surface area contributed by atoms with Gasteiger partial charge in [-0.3, -0.25) is 0 Å². The van der Waals surface area contributed by atoms with Gasteiger partial charge in [0.15, 0.2) is 0 Å². The van der Waals surface area contributed by atoms with E-state index in [1.165, 1.54) is 12.1 Å². The number of aromatic hydroxyl groups is 1. The van der Waals surface area contributed by atoms with Crippen LogP contribution in [0, 0.1) is 0 Å². The van der Waals surface area contributed by atoms with Gasteiger partial charge in [-0.25, -0.2) is 4.79 Å². The minimum atomic E-state index is -0.492. The summed E-state index contributed by atoms with van der Waals surface area (Å²) >= 11 is 0. The zero-order valence-electron chi connectivity index (χ0n) is 8.47. The third-order valence-corrected chi connectivity index (χ3v) is 1.47. The highest BCUT2D eigenvalue weighted by Gasteiger charge is 2.12. The van der Waals surface area contributed by atoms with Crippen molar-refractivity contribution in [2.24, 2.45) is 0 Å². The first-order chi connectivity index (χ1) is 6.11. The van der Waals surface area contributed by atoms with Gasteiger partial charge in [-0.2, -0.15) is 0 Å². The molecule has 0 heterocycles. The van der Waals surface area contributed by atoms with Gasteiger partial charge in [-0.05, 0) is 26.0 Å². The summed E-state index contributed by atoms with van der Waals surface area (Å²) in [5, 5.41) is 9.29. The Morgan fingerprint density at radius 3 is 2.19 bits per heavy atom. The second-order valence-electron chi connectivity index (χ2n) is 2.97. The van der Waals surface area contributed by atoms with Crippen LogP contribution >= 0.6 is 24.8 Å². The molecular weight excluding hydrogens is 251 g/mol. The molecule has 1 N–H and O–H groups in total. The number of phenolic OH excluding ortho intramolecular Hbond substituents is 1. The van der Waals surface area contributed by atoms with E-state index in [-0.39, 0.29) is 49.7 Å². The summed E-state index contributed by atoms with van der Waals surface area (Å²) in [5.74, 6) is -0.541. The van der Waals surface area contributed by atoms with E-state index in [1.54, 1.807) is 26.0 Å². The van der Waals surface area contributed by atoms with E-state index in [9.17, 15) is 9.90 Å². The molecule has 0 radical (unpaired) electrons. The van der Waals surface area contributed by atoms with Crippen molar-refractivity contribution in [1.82, 2.24) is 0 Å². The number of ether oxygens (including phenoxy) is 1. The standard InChI is InChI=1S/C10H12O3.CH4.2ClH/c1-7(2)13-10(12)8-5-3-4-6-9(8)11;;;/h3-7,11H,1-2H3;1H4;2*1H. The van der Waals surface area contributed by atoms with Crippen molar-refractivity contribution < 1.29 is 14.6 Å². The molecule has 3 nitrogen and oxygen atoms in total. The predicted molar refractivity (Wildman–Crippen MR) is 69.9 cm³/mol. The zero-order chi connectivity index (χ0) is 9.84. The second kappa shape index (κ2) is 9.31. The average Bonchev–Trinajstić information content (AvgIpc) is 2.03. The van der Waals surface area contributed by atoms with Crippen LogP contribution in [0.2, 0.25) is 0 Å². The molecule has 1 rings (SSSR count). The van der Waals surface area contributed by atoms with E-state index in [0.29, 0.717) is 0 Å². The van der Waals surface area contributed by atoms with E-state index in [2.05, 4.69) is 0 Å². The highest BCUT2D eigenvalue weighted by atomic mass is 35.5. The first kappa shape index (κ1) is 20.5. The molecule has 0 aromatic heterocycles. The molecular formula is C11H18Cl2O3. The van der Waals surface area contributed by atoms with E-state index in [1.807, 2.05) is 0 Å². The summed E-state index contributed by atoms with van der Waals surface area (Å²) in [7, 11) is 0. The largest absolute Gasteiger partial charge is 0.507 e. The summed E-state index contributed by atoms with van der Waals surface area (Å²) in [6.07, 6.45) is -0.174. The molecule has 16 heavy (non-hydrogen) atoms. The van der Waals surface area contributed by atoms with Crippen LogP contribution in [0.1, 0.15) is 31.6 Å². The Labute approximate surface area is 109 Å². The number of para-hydroxylation sites is 1. The fourth-order valence-corrected chi connectivity index (χ4v) is 0.924. The van der Waals surface area contributed by atoms with Gasteiger partial charge in [0.2, 0.25) is 0 Å². The monoisotopic (exact) mass is 268 g/mol. The van der Waals surface area contributed by atoms with Crippen molar-refractivity contribution in [2.75, 3.05) is 0 Å². The van der Waals surface area contributed by atoms with Crippen molar-refractivity contribution in [3.8, 4) is 5.75 Å².